The highest BCUT2D eigenvalue weighted by atomic mass is 32.1. The van der Waals surface area contributed by atoms with Crippen molar-refractivity contribution in [3.8, 4) is 0 Å². The van der Waals surface area contributed by atoms with Gasteiger partial charge in [-0.15, -0.1) is 0 Å². The average Bonchev–Trinajstić information content (AvgIpc) is 3.00. The van der Waals surface area contributed by atoms with Gasteiger partial charge in [0.15, 0.2) is 0 Å². The fourth-order valence-corrected chi connectivity index (χ4v) is 3.92. The van der Waals surface area contributed by atoms with Gasteiger partial charge in [-0.05, 0) is 67.1 Å². The Bertz CT molecular complexity index is 671. The lowest BCUT2D eigenvalue weighted by atomic mass is 9.93. The van der Waals surface area contributed by atoms with Gasteiger partial charge in [0.1, 0.15) is 11.5 Å². The number of carbonyl (C=O) groups excluding carboxylic acids is 1. The topological polar surface area (TPSA) is 72.1 Å². The van der Waals surface area contributed by atoms with E-state index in [2.05, 4.69) is 31.7 Å². The third kappa shape index (κ3) is 4.36. The summed E-state index contributed by atoms with van der Waals surface area (Å²) in [4.78, 5) is 22.4. The van der Waals surface area contributed by atoms with Crippen molar-refractivity contribution >= 4 is 17.2 Å². The highest BCUT2D eigenvalue weighted by Gasteiger charge is 2.21. The van der Waals surface area contributed by atoms with Gasteiger partial charge >= 0.3 is 0 Å². The number of aromatic nitrogens is 2. The molecule has 0 radical (unpaired) electrons. The number of carbonyl (C=O) groups is 1. The van der Waals surface area contributed by atoms with Gasteiger partial charge in [-0.3, -0.25) is 9.69 Å². The third-order valence-electron chi connectivity index (χ3n) is 4.23. The minimum atomic E-state index is -0.487. The molecule has 1 amide bonds. The lowest BCUT2D eigenvalue weighted by Crippen LogP contribution is -2.35. The van der Waals surface area contributed by atoms with Crippen molar-refractivity contribution in [3.05, 3.63) is 45.7 Å². The molecular formula is C17H22N4OS. The van der Waals surface area contributed by atoms with Crippen LogP contribution in [0.1, 0.15) is 40.4 Å². The molecule has 0 bridgehead atoms. The van der Waals surface area contributed by atoms with Crippen LogP contribution >= 0.6 is 11.3 Å². The third-order valence-corrected chi connectivity index (χ3v) is 4.96. The zero-order valence-corrected chi connectivity index (χ0v) is 14.2. The van der Waals surface area contributed by atoms with Crippen LogP contribution in [0.5, 0.6) is 0 Å². The van der Waals surface area contributed by atoms with Gasteiger partial charge in [0.05, 0.1) is 0 Å². The predicted octanol–water partition coefficient (Wildman–Crippen LogP) is 2.40. The molecule has 6 heteroatoms. The fraction of sp³-hybridized carbons (Fsp3) is 0.471. The van der Waals surface area contributed by atoms with E-state index in [-0.39, 0.29) is 0 Å². The summed E-state index contributed by atoms with van der Waals surface area (Å²) < 4.78 is 0. The second-order valence-corrected chi connectivity index (χ2v) is 7.02. The standard InChI is InChI=1S/C17H22N4OS/c1-12-19-15(8-16(20-12)17(18)22)7-13-3-2-5-21(9-13)10-14-4-6-23-11-14/h4,6,8,11,13H,2-3,5,7,9-10H2,1H3,(H2,18,22). The summed E-state index contributed by atoms with van der Waals surface area (Å²) in [5.41, 5.74) is 7.98. The molecule has 1 saturated heterocycles. The van der Waals surface area contributed by atoms with Crippen LogP contribution in [0.15, 0.2) is 22.9 Å². The molecule has 3 rings (SSSR count). The second kappa shape index (κ2) is 7.19. The lowest BCUT2D eigenvalue weighted by molar-refractivity contribution is 0.0995. The van der Waals surface area contributed by atoms with E-state index in [0.29, 0.717) is 17.4 Å². The Balaban J connectivity index is 1.64. The first kappa shape index (κ1) is 16.1. The van der Waals surface area contributed by atoms with Crippen LogP contribution < -0.4 is 5.73 Å². The smallest absolute Gasteiger partial charge is 0.267 e. The molecule has 1 unspecified atom stereocenters. The Morgan fingerprint density at radius 1 is 1.48 bits per heavy atom. The molecule has 3 heterocycles. The minimum absolute atomic E-state index is 0.318. The van der Waals surface area contributed by atoms with E-state index in [1.54, 1.807) is 24.3 Å². The number of nitrogens with two attached hydrogens (primary N) is 1. The van der Waals surface area contributed by atoms with Crippen molar-refractivity contribution in [2.45, 2.75) is 32.7 Å². The maximum Gasteiger partial charge on any atom is 0.267 e. The molecule has 2 N–H and O–H groups in total. The first-order valence-electron chi connectivity index (χ1n) is 7.98. The first-order valence-corrected chi connectivity index (χ1v) is 8.92. The molecule has 2 aromatic rings. The Morgan fingerprint density at radius 3 is 3.09 bits per heavy atom. The van der Waals surface area contributed by atoms with E-state index in [1.807, 2.05) is 0 Å². The highest BCUT2D eigenvalue weighted by molar-refractivity contribution is 7.07. The zero-order valence-electron chi connectivity index (χ0n) is 13.4. The number of rotatable bonds is 5. The highest BCUT2D eigenvalue weighted by Crippen LogP contribution is 2.22. The van der Waals surface area contributed by atoms with E-state index >= 15 is 0 Å². The van der Waals surface area contributed by atoms with Gasteiger partial charge in [-0.2, -0.15) is 11.3 Å². The summed E-state index contributed by atoms with van der Waals surface area (Å²) in [5.74, 6) is 0.694. The summed E-state index contributed by atoms with van der Waals surface area (Å²) in [6.45, 7) is 5.06. The van der Waals surface area contributed by atoms with E-state index in [0.717, 1.165) is 31.7 Å². The summed E-state index contributed by atoms with van der Waals surface area (Å²) in [7, 11) is 0. The predicted molar refractivity (Wildman–Crippen MR) is 91.3 cm³/mol. The van der Waals surface area contributed by atoms with Gasteiger partial charge in [0, 0.05) is 18.8 Å². The maximum absolute atomic E-state index is 11.4. The van der Waals surface area contributed by atoms with Gasteiger partial charge in [-0.25, -0.2) is 9.97 Å². The van der Waals surface area contributed by atoms with Gasteiger partial charge < -0.3 is 5.73 Å². The van der Waals surface area contributed by atoms with Crippen molar-refractivity contribution in [2.24, 2.45) is 11.7 Å². The van der Waals surface area contributed by atoms with Crippen LogP contribution in [0.4, 0.5) is 0 Å². The number of amides is 1. The molecule has 0 aromatic carbocycles. The molecule has 0 aliphatic carbocycles. The van der Waals surface area contributed by atoms with Crippen molar-refractivity contribution < 1.29 is 4.79 Å². The lowest BCUT2D eigenvalue weighted by Gasteiger charge is -2.32. The van der Waals surface area contributed by atoms with Gasteiger partial charge in [-0.1, -0.05) is 0 Å². The van der Waals surface area contributed by atoms with Crippen molar-refractivity contribution in [2.75, 3.05) is 13.1 Å². The number of aryl methyl sites for hydroxylation is 1. The van der Waals surface area contributed by atoms with E-state index in [4.69, 9.17) is 5.73 Å². The molecule has 0 saturated carbocycles. The molecular weight excluding hydrogens is 308 g/mol. The summed E-state index contributed by atoms with van der Waals surface area (Å²) >= 11 is 1.75. The SMILES string of the molecule is Cc1nc(CC2CCCN(Cc3ccsc3)C2)cc(C(N)=O)n1. The quantitative estimate of drug-likeness (QED) is 0.914. The van der Waals surface area contributed by atoms with Crippen LogP contribution in [-0.2, 0) is 13.0 Å². The number of hydrogen-bond acceptors (Lipinski definition) is 5. The Kier molecular flexibility index (Phi) is 5.03. The van der Waals surface area contributed by atoms with E-state index in [1.165, 1.54) is 18.4 Å². The molecule has 1 aliphatic rings. The van der Waals surface area contributed by atoms with Crippen molar-refractivity contribution in [1.82, 2.24) is 14.9 Å². The van der Waals surface area contributed by atoms with Crippen molar-refractivity contribution in [1.29, 1.82) is 0 Å². The number of piperidine rings is 1. The van der Waals surface area contributed by atoms with E-state index < -0.39 is 5.91 Å². The van der Waals surface area contributed by atoms with Crippen molar-refractivity contribution in [3.63, 3.8) is 0 Å². The Hall–Kier alpha value is -1.79. The summed E-state index contributed by atoms with van der Waals surface area (Å²) in [5, 5.41) is 4.35. The zero-order chi connectivity index (χ0) is 16.2. The second-order valence-electron chi connectivity index (χ2n) is 6.24. The number of likely N-dealkylation sites (tertiary alicyclic amines) is 1. The van der Waals surface area contributed by atoms with Gasteiger partial charge in [0.2, 0.25) is 0 Å². The molecule has 1 fully saturated rings. The molecule has 1 atom stereocenters. The first-order chi connectivity index (χ1) is 11.1. The Labute approximate surface area is 140 Å². The van der Waals surface area contributed by atoms with Crippen LogP contribution in [-0.4, -0.2) is 33.9 Å². The summed E-state index contributed by atoms with van der Waals surface area (Å²) in [6, 6.07) is 3.94. The summed E-state index contributed by atoms with van der Waals surface area (Å²) in [6.07, 6.45) is 3.29. The van der Waals surface area contributed by atoms with Crippen LogP contribution in [0.3, 0.4) is 0 Å². The molecule has 0 spiro atoms. The normalized spacial score (nSPS) is 18.9. The maximum atomic E-state index is 11.4. The van der Waals surface area contributed by atoms with Gasteiger partial charge in [0.25, 0.3) is 5.91 Å². The van der Waals surface area contributed by atoms with Crippen LogP contribution in [0.2, 0.25) is 0 Å². The molecule has 2 aromatic heterocycles. The number of primary amides is 1. The minimum Gasteiger partial charge on any atom is -0.364 e. The largest absolute Gasteiger partial charge is 0.364 e. The monoisotopic (exact) mass is 330 g/mol. The molecule has 23 heavy (non-hydrogen) atoms. The molecule has 1 aliphatic heterocycles. The number of thiophene rings is 1. The number of hydrogen-bond donors (Lipinski definition) is 1. The van der Waals surface area contributed by atoms with E-state index in [9.17, 15) is 4.79 Å². The fourth-order valence-electron chi connectivity index (χ4n) is 3.26. The Morgan fingerprint density at radius 2 is 2.35 bits per heavy atom. The number of nitrogens with zero attached hydrogens (tertiary/aromatic N) is 3. The average molecular weight is 330 g/mol. The van der Waals surface area contributed by atoms with Crippen LogP contribution in [0.25, 0.3) is 0 Å². The molecule has 5 nitrogen and oxygen atoms in total. The van der Waals surface area contributed by atoms with Crippen LogP contribution in [0, 0.1) is 12.8 Å². The molecule has 122 valence electrons.